The van der Waals surface area contributed by atoms with E-state index in [1.165, 1.54) is 12.1 Å². The second-order valence-electron chi connectivity index (χ2n) is 6.36. The van der Waals surface area contributed by atoms with Gasteiger partial charge in [-0.3, -0.25) is 14.4 Å². The van der Waals surface area contributed by atoms with E-state index in [4.69, 9.17) is 0 Å². The van der Waals surface area contributed by atoms with Crippen molar-refractivity contribution in [3.63, 3.8) is 0 Å². The van der Waals surface area contributed by atoms with Crippen molar-refractivity contribution in [2.75, 3.05) is 13.1 Å². The average molecular weight is 318 g/mol. The molecule has 3 rings (SSSR count). The first kappa shape index (κ1) is 15.7. The first-order valence-corrected chi connectivity index (χ1v) is 8.29. The molecule has 0 radical (unpaired) electrons. The lowest BCUT2D eigenvalue weighted by Gasteiger charge is -2.33. The summed E-state index contributed by atoms with van der Waals surface area (Å²) in [6.45, 7) is 1.39. The van der Waals surface area contributed by atoms with Crippen molar-refractivity contribution in [2.24, 2.45) is 5.92 Å². The van der Waals surface area contributed by atoms with Gasteiger partial charge in [-0.15, -0.1) is 0 Å². The molecule has 2 N–H and O–H groups in total. The van der Waals surface area contributed by atoms with Crippen LogP contribution in [0.1, 0.15) is 49.0 Å². The number of aromatic amines is 1. The minimum atomic E-state index is -0.333. The monoisotopic (exact) mass is 318 g/mol. The van der Waals surface area contributed by atoms with Gasteiger partial charge in [-0.05, 0) is 31.7 Å². The van der Waals surface area contributed by atoms with Gasteiger partial charge in [0.05, 0.1) is 0 Å². The molecule has 2 heterocycles. The van der Waals surface area contributed by atoms with Crippen molar-refractivity contribution in [3.05, 3.63) is 28.2 Å². The summed E-state index contributed by atoms with van der Waals surface area (Å²) in [4.78, 5) is 37.3. The third-order valence-electron chi connectivity index (χ3n) is 4.76. The fourth-order valence-electron chi connectivity index (χ4n) is 3.41. The number of H-pyrrole nitrogens is 1. The largest absolute Gasteiger partial charge is 0.348 e. The van der Waals surface area contributed by atoms with Gasteiger partial charge < -0.3 is 10.2 Å². The van der Waals surface area contributed by atoms with Crippen molar-refractivity contribution in [3.8, 4) is 0 Å². The van der Waals surface area contributed by atoms with Gasteiger partial charge in [0.1, 0.15) is 5.69 Å². The summed E-state index contributed by atoms with van der Waals surface area (Å²) in [6.07, 6.45) is 5.88. The topological polar surface area (TPSA) is 95.2 Å². The highest BCUT2D eigenvalue weighted by atomic mass is 16.2. The van der Waals surface area contributed by atoms with Gasteiger partial charge in [-0.2, -0.15) is 5.10 Å². The predicted molar refractivity (Wildman–Crippen MR) is 83.9 cm³/mol. The predicted octanol–water partition coefficient (Wildman–Crippen LogP) is 0.681. The minimum absolute atomic E-state index is 0.0452. The normalized spacial score (nSPS) is 19.7. The number of hydrogen-bond acceptors (Lipinski definition) is 4. The highest BCUT2D eigenvalue weighted by molar-refractivity contribution is 5.92. The van der Waals surface area contributed by atoms with Crippen molar-refractivity contribution in [2.45, 2.75) is 44.6 Å². The number of amides is 2. The quantitative estimate of drug-likeness (QED) is 0.857. The number of hydrogen-bond donors (Lipinski definition) is 2. The Bertz CT molecular complexity index is 608. The highest BCUT2D eigenvalue weighted by Crippen LogP contribution is 2.27. The Hall–Kier alpha value is -2.18. The lowest BCUT2D eigenvalue weighted by molar-refractivity contribution is -0.136. The molecule has 1 aliphatic heterocycles. The molecule has 2 aliphatic rings. The van der Waals surface area contributed by atoms with E-state index in [2.05, 4.69) is 15.5 Å². The summed E-state index contributed by atoms with van der Waals surface area (Å²) in [6, 6.07) is 2.74. The molecule has 7 heteroatoms. The van der Waals surface area contributed by atoms with Crippen molar-refractivity contribution in [1.82, 2.24) is 20.4 Å². The highest BCUT2D eigenvalue weighted by Gasteiger charge is 2.30. The number of carbonyl (C=O) groups excluding carboxylic acids is 2. The number of nitrogens with one attached hydrogen (secondary N) is 2. The van der Waals surface area contributed by atoms with E-state index in [-0.39, 0.29) is 35.0 Å². The number of piperidine rings is 1. The van der Waals surface area contributed by atoms with Gasteiger partial charge >= 0.3 is 0 Å². The van der Waals surface area contributed by atoms with Crippen LogP contribution in [0.3, 0.4) is 0 Å². The van der Waals surface area contributed by atoms with E-state index in [0.717, 1.165) is 38.5 Å². The summed E-state index contributed by atoms with van der Waals surface area (Å²) >= 11 is 0. The molecule has 1 aromatic heterocycles. The van der Waals surface area contributed by atoms with Crippen LogP contribution in [0, 0.1) is 5.92 Å². The summed E-state index contributed by atoms with van der Waals surface area (Å²) in [7, 11) is 0. The summed E-state index contributed by atoms with van der Waals surface area (Å²) in [5, 5.41) is 8.90. The molecule has 0 spiro atoms. The van der Waals surface area contributed by atoms with Gasteiger partial charge in [0, 0.05) is 31.1 Å². The van der Waals surface area contributed by atoms with E-state index in [1.54, 1.807) is 0 Å². The second-order valence-corrected chi connectivity index (χ2v) is 6.36. The molecule has 1 aromatic rings. The Morgan fingerprint density at radius 1 is 1.13 bits per heavy atom. The number of carbonyl (C=O) groups is 2. The van der Waals surface area contributed by atoms with Crippen LogP contribution in [0.25, 0.3) is 0 Å². The Balaban J connectivity index is 1.49. The molecule has 0 unspecified atom stereocenters. The smallest absolute Gasteiger partial charge is 0.271 e. The zero-order chi connectivity index (χ0) is 16.2. The zero-order valence-corrected chi connectivity index (χ0v) is 13.1. The van der Waals surface area contributed by atoms with Crippen molar-refractivity contribution < 1.29 is 9.59 Å². The number of aromatic nitrogens is 2. The van der Waals surface area contributed by atoms with E-state index in [9.17, 15) is 14.4 Å². The molecule has 23 heavy (non-hydrogen) atoms. The van der Waals surface area contributed by atoms with Crippen LogP contribution in [0.2, 0.25) is 0 Å². The van der Waals surface area contributed by atoms with Crippen LogP contribution in [0.5, 0.6) is 0 Å². The molecular formula is C16H22N4O3. The Morgan fingerprint density at radius 2 is 1.83 bits per heavy atom. The lowest BCUT2D eigenvalue weighted by Crippen LogP contribution is -2.48. The van der Waals surface area contributed by atoms with Gasteiger partial charge in [-0.25, -0.2) is 5.10 Å². The Kier molecular flexibility index (Phi) is 4.73. The van der Waals surface area contributed by atoms with Crippen LogP contribution in [-0.2, 0) is 4.79 Å². The second kappa shape index (κ2) is 6.93. The zero-order valence-electron chi connectivity index (χ0n) is 13.1. The van der Waals surface area contributed by atoms with Gasteiger partial charge in [0.15, 0.2) is 0 Å². The first-order chi connectivity index (χ1) is 11.1. The molecule has 1 aliphatic carbocycles. The number of nitrogens with zero attached hydrogens (tertiary/aromatic N) is 2. The fourth-order valence-corrected chi connectivity index (χ4v) is 3.41. The summed E-state index contributed by atoms with van der Waals surface area (Å²) in [5.74, 6) is 0.211. The molecule has 1 saturated carbocycles. The Labute approximate surface area is 134 Å². The van der Waals surface area contributed by atoms with E-state index < -0.39 is 0 Å². The standard InChI is InChI=1S/C16H22N4O3/c21-14-6-5-13(18-19-14)15(22)17-12-7-9-20(10-8-12)16(23)11-3-1-2-4-11/h5-6,11-12H,1-4,7-10H2,(H,17,22)(H,19,21). The van der Waals surface area contributed by atoms with E-state index in [0.29, 0.717) is 13.1 Å². The summed E-state index contributed by atoms with van der Waals surface area (Å²) < 4.78 is 0. The molecule has 0 bridgehead atoms. The van der Waals surface area contributed by atoms with Crippen LogP contribution in [-0.4, -0.2) is 46.0 Å². The number of likely N-dealkylation sites (tertiary alicyclic amines) is 1. The minimum Gasteiger partial charge on any atom is -0.348 e. The van der Waals surface area contributed by atoms with Crippen molar-refractivity contribution >= 4 is 11.8 Å². The van der Waals surface area contributed by atoms with E-state index in [1.807, 2.05) is 4.90 Å². The molecule has 0 atom stereocenters. The van der Waals surface area contributed by atoms with Gasteiger partial charge in [0.25, 0.3) is 11.5 Å². The molecule has 124 valence electrons. The molecule has 2 fully saturated rings. The molecular weight excluding hydrogens is 296 g/mol. The molecule has 1 saturated heterocycles. The first-order valence-electron chi connectivity index (χ1n) is 8.29. The fraction of sp³-hybridized carbons (Fsp3) is 0.625. The number of rotatable bonds is 3. The van der Waals surface area contributed by atoms with Gasteiger partial charge in [0.2, 0.25) is 5.91 Å². The molecule has 7 nitrogen and oxygen atoms in total. The molecule has 2 amide bonds. The maximum atomic E-state index is 12.4. The average Bonchev–Trinajstić information content (AvgIpc) is 3.10. The van der Waals surface area contributed by atoms with Crippen LogP contribution >= 0.6 is 0 Å². The summed E-state index contributed by atoms with van der Waals surface area (Å²) in [5.41, 5.74) is -0.130. The Morgan fingerprint density at radius 3 is 2.43 bits per heavy atom. The maximum Gasteiger partial charge on any atom is 0.271 e. The molecule has 0 aromatic carbocycles. The van der Waals surface area contributed by atoms with Crippen LogP contribution < -0.4 is 10.9 Å². The van der Waals surface area contributed by atoms with Crippen LogP contribution in [0.15, 0.2) is 16.9 Å². The van der Waals surface area contributed by atoms with Crippen molar-refractivity contribution in [1.29, 1.82) is 0 Å². The SMILES string of the molecule is O=C(NC1CCN(C(=O)C2CCCC2)CC1)c1ccc(=O)[nH]n1. The van der Waals surface area contributed by atoms with E-state index >= 15 is 0 Å². The maximum absolute atomic E-state index is 12.4. The van der Waals surface area contributed by atoms with Gasteiger partial charge in [-0.1, -0.05) is 12.8 Å². The van der Waals surface area contributed by atoms with Crippen LogP contribution in [0.4, 0.5) is 0 Å². The lowest BCUT2D eigenvalue weighted by atomic mass is 10.0. The third-order valence-corrected chi connectivity index (χ3v) is 4.76. The third kappa shape index (κ3) is 3.78.